The second-order valence-electron chi connectivity index (χ2n) is 4.08. The molecule has 2 rings (SSSR count). The van der Waals surface area contributed by atoms with Crippen molar-refractivity contribution in [1.29, 1.82) is 0 Å². The number of nitrogens with one attached hydrogen (secondary N) is 1. The molecule has 0 saturated carbocycles. The van der Waals surface area contributed by atoms with Crippen LogP contribution in [0.1, 0.15) is 19.3 Å². The molecule has 17 heavy (non-hydrogen) atoms. The Bertz CT molecular complexity index is 417. The second kappa shape index (κ2) is 5.14. The Morgan fingerprint density at radius 2 is 2.29 bits per heavy atom. The fraction of sp³-hybridized carbons (Fsp3) is 0.417. The number of hydrogen-bond acceptors (Lipinski definition) is 3. The van der Waals surface area contributed by atoms with E-state index in [1.165, 1.54) is 12.1 Å². The maximum absolute atomic E-state index is 13.4. The first kappa shape index (κ1) is 11.9. The highest BCUT2D eigenvalue weighted by Gasteiger charge is 2.22. The number of carbonyl (C=O) groups is 1. The van der Waals surface area contributed by atoms with Gasteiger partial charge in [0.25, 0.3) is 5.91 Å². The maximum atomic E-state index is 13.4. The minimum absolute atomic E-state index is 0.137. The zero-order valence-corrected chi connectivity index (χ0v) is 9.41. The summed E-state index contributed by atoms with van der Waals surface area (Å²) >= 11 is 0. The van der Waals surface area contributed by atoms with E-state index in [-0.39, 0.29) is 11.6 Å². The third kappa shape index (κ3) is 2.94. The van der Waals surface area contributed by atoms with E-state index in [1.54, 1.807) is 6.07 Å². The normalized spacial score (nSPS) is 19.9. The third-order valence-corrected chi connectivity index (χ3v) is 2.72. The number of anilines is 2. The lowest BCUT2D eigenvalue weighted by Crippen LogP contribution is -2.33. The van der Waals surface area contributed by atoms with Crippen LogP contribution in [0, 0.1) is 5.82 Å². The number of benzene rings is 1. The van der Waals surface area contributed by atoms with Crippen molar-refractivity contribution in [1.82, 2.24) is 0 Å². The Morgan fingerprint density at radius 1 is 1.47 bits per heavy atom. The van der Waals surface area contributed by atoms with Crippen molar-refractivity contribution in [2.45, 2.75) is 25.4 Å². The largest absolute Gasteiger partial charge is 0.399 e. The summed E-state index contributed by atoms with van der Waals surface area (Å²) in [4.78, 5) is 11.8. The molecule has 1 aliphatic heterocycles. The summed E-state index contributed by atoms with van der Waals surface area (Å²) in [7, 11) is 0. The molecule has 1 heterocycles. The number of hydrogen-bond donors (Lipinski definition) is 2. The molecule has 1 aliphatic rings. The number of nitrogens with two attached hydrogens (primary N) is 1. The van der Waals surface area contributed by atoms with Crippen LogP contribution in [0.25, 0.3) is 0 Å². The molecule has 1 aromatic rings. The molecule has 0 aliphatic carbocycles. The lowest BCUT2D eigenvalue weighted by atomic mass is 10.1. The quantitative estimate of drug-likeness (QED) is 0.773. The SMILES string of the molecule is Nc1ccc(NC(=O)C2CCCCO2)c(F)c1. The second-order valence-corrected chi connectivity index (χ2v) is 4.08. The van der Waals surface area contributed by atoms with Crippen LogP contribution < -0.4 is 11.1 Å². The van der Waals surface area contributed by atoms with Crippen LogP contribution in [0.4, 0.5) is 15.8 Å². The van der Waals surface area contributed by atoms with Gasteiger partial charge in [0.1, 0.15) is 11.9 Å². The van der Waals surface area contributed by atoms with Gasteiger partial charge in [0, 0.05) is 12.3 Å². The fourth-order valence-electron chi connectivity index (χ4n) is 1.79. The first-order valence-electron chi connectivity index (χ1n) is 5.64. The van der Waals surface area contributed by atoms with Gasteiger partial charge in [-0.3, -0.25) is 4.79 Å². The molecule has 0 bridgehead atoms. The summed E-state index contributed by atoms with van der Waals surface area (Å²) in [5.41, 5.74) is 5.89. The van der Waals surface area contributed by atoms with Gasteiger partial charge in [0.15, 0.2) is 0 Å². The zero-order valence-electron chi connectivity index (χ0n) is 9.41. The average molecular weight is 238 g/mol. The van der Waals surface area contributed by atoms with Gasteiger partial charge in [-0.2, -0.15) is 0 Å². The Balaban J connectivity index is 2.02. The summed E-state index contributed by atoms with van der Waals surface area (Å²) in [5, 5.41) is 2.51. The molecule has 1 fully saturated rings. The van der Waals surface area contributed by atoms with Gasteiger partial charge in [-0.05, 0) is 37.5 Å². The summed E-state index contributed by atoms with van der Waals surface area (Å²) in [5.74, 6) is -0.831. The fourth-order valence-corrected chi connectivity index (χ4v) is 1.79. The van der Waals surface area contributed by atoms with Crippen molar-refractivity contribution in [3.8, 4) is 0 Å². The van der Waals surface area contributed by atoms with E-state index in [2.05, 4.69) is 5.32 Å². The standard InChI is InChI=1S/C12H15FN2O2/c13-9-7-8(14)4-5-10(9)15-12(16)11-3-1-2-6-17-11/h4-5,7,11H,1-3,6,14H2,(H,15,16). The van der Waals surface area contributed by atoms with Crippen molar-refractivity contribution in [2.75, 3.05) is 17.7 Å². The summed E-state index contributed by atoms with van der Waals surface area (Å²) in [6.45, 7) is 0.586. The average Bonchev–Trinajstić information content (AvgIpc) is 2.34. The molecule has 0 spiro atoms. The van der Waals surface area contributed by atoms with E-state index in [1.807, 2.05) is 0 Å². The monoisotopic (exact) mass is 238 g/mol. The van der Waals surface area contributed by atoms with Gasteiger partial charge in [-0.1, -0.05) is 0 Å². The first-order valence-corrected chi connectivity index (χ1v) is 5.64. The van der Waals surface area contributed by atoms with Crippen molar-refractivity contribution >= 4 is 17.3 Å². The van der Waals surface area contributed by atoms with Crippen molar-refractivity contribution in [3.05, 3.63) is 24.0 Å². The molecule has 0 aromatic heterocycles. The topological polar surface area (TPSA) is 64.3 Å². The van der Waals surface area contributed by atoms with Crippen LogP contribution >= 0.6 is 0 Å². The molecule has 4 nitrogen and oxygen atoms in total. The van der Waals surface area contributed by atoms with E-state index in [4.69, 9.17) is 10.5 Å². The lowest BCUT2D eigenvalue weighted by Gasteiger charge is -2.21. The van der Waals surface area contributed by atoms with Crippen LogP contribution in [0.15, 0.2) is 18.2 Å². The third-order valence-electron chi connectivity index (χ3n) is 2.72. The number of ether oxygens (including phenoxy) is 1. The minimum Gasteiger partial charge on any atom is -0.399 e. The molecule has 1 amide bonds. The highest BCUT2D eigenvalue weighted by molar-refractivity contribution is 5.94. The number of amides is 1. The smallest absolute Gasteiger partial charge is 0.253 e. The van der Waals surface area contributed by atoms with Gasteiger partial charge in [0.2, 0.25) is 0 Å². The van der Waals surface area contributed by atoms with Crippen LogP contribution in [-0.4, -0.2) is 18.6 Å². The molecule has 3 N–H and O–H groups in total. The van der Waals surface area contributed by atoms with Gasteiger partial charge in [-0.25, -0.2) is 4.39 Å². The number of nitrogen functional groups attached to an aromatic ring is 1. The van der Waals surface area contributed by atoms with Crippen molar-refractivity contribution in [3.63, 3.8) is 0 Å². The summed E-state index contributed by atoms with van der Waals surface area (Å²) < 4.78 is 18.8. The maximum Gasteiger partial charge on any atom is 0.253 e. The number of rotatable bonds is 2. The predicted molar refractivity (Wildman–Crippen MR) is 63.0 cm³/mol. The predicted octanol–water partition coefficient (Wildman–Crippen LogP) is 1.92. The molecule has 1 saturated heterocycles. The Hall–Kier alpha value is -1.62. The Morgan fingerprint density at radius 3 is 2.94 bits per heavy atom. The summed E-state index contributed by atoms with van der Waals surface area (Å²) in [6.07, 6.45) is 2.14. The van der Waals surface area contributed by atoms with Gasteiger partial charge >= 0.3 is 0 Å². The highest BCUT2D eigenvalue weighted by atomic mass is 19.1. The van der Waals surface area contributed by atoms with Crippen molar-refractivity contribution in [2.24, 2.45) is 0 Å². The molecule has 1 atom stereocenters. The van der Waals surface area contributed by atoms with Gasteiger partial charge in [0.05, 0.1) is 5.69 Å². The first-order chi connectivity index (χ1) is 8.16. The van der Waals surface area contributed by atoms with E-state index in [0.29, 0.717) is 18.7 Å². The van der Waals surface area contributed by atoms with Crippen molar-refractivity contribution < 1.29 is 13.9 Å². The molecular weight excluding hydrogens is 223 g/mol. The van der Waals surface area contributed by atoms with Gasteiger partial charge in [-0.15, -0.1) is 0 Å². The Kier molecular flexibility index (Phi) is 3.58. The van der Waals surface area contributed by atoms with E-state index in [0.717, 1.165) is 12.8 Å². The van der Waals surface area contributed by atoms with E-state index < -0.39 is 11.9 Å². The van der Waals surface area contributed by atoms with Crippen LogP contribution in [0.2, 0.25) is 0 Å². The number of carbonyl (C=O) groups excluding carboxylic acids is 1. The molecule has 0 radical (unpaired) electrons. The summed E-state index contributed by atoms with van der Waals surface area (Å²) in [6, 6.07) is 4.17. The van der Waals surface area contributed by atoms with Gasteiger partial charge < -0.3 is 15.8 Å². The van der Waals surface area contributed by atoms with Crippen LogP contribution in [-0.2, 0) is 9.53 Å². The molecular formula is C12H15FN2O2. The molecule has 92 valence electrons. The van der Waals surface area contributed by atoms with Crippen LogP contribution in [0.5, 0.6) is 0 Å². The molecule has 5 heteroatoms. The zero-order chi connectivity index (χ0) is 12.3. The minimum atomic E-state index is -0.533. The highest BCUT2D eigenvalue weighted by Crippen LogP contribution is 2.19. The van der Waals surface area contributed by atoms with E-state index in [9.17, 15) is 9.18 Å². The molecule has 1 aromatic carbocycles. The number of halogens is 1. The lowest BCUT2D eigenvalue weighted by molar-refractivity contribution is -0.130. The van der Waals surface area contributed by atoms with Crippen LogP contribution in [0.3, 0.4) is 0 Å². The Labute approximate surface area is 98.9 Å². The van der Waals surface area contributed by atoms with E-state index >= 15 is 0 Å². The molecule has 1 unspecified atom stereocenters.